The summed E-state index contributed by atoms with van der Waals surface area (Å²) in [5.74, 6) is 0.500. The van der Waals surface area contributed by atoms with Gasteiger partial charge in [-0.05, 0) is 12.1 Å². The summed E-state index contributed by atoms with van der Waals surface area (Å²) in [6.45, 7) is 0. The lowest BCUT2D eigenvalue weighted by molar-refractivity contribution is 1.20. The Morgan fingerprint density at radius 2 is 1.68 bits per heavy atom. The lowest BCUT2D eigenvalue weighted by atomic mass is 10.2. The van der Waals surface area contributed by atoms with Crippen LogP contribution in [-0.2, 0) is 0 Å². The van der Waals surface area contributed by atoms with Gasteiger partial charge in [-0.2, -0.15) is 5.10 Å². The largest absolute Gasteiger partial charge is 0.276 e. The van der Waals surface area contributed by atoms with Gasteiger partial charge in [-0.15, -0.1) is 21.6 Å². The van der Waals surface area contributed by atoms with E-state index in [0.717, 1.165) is 11.3 Å². The Balaban J connectivity index is 1.86. The van der Waals surface area contributed by atoms with E-state index < -0.39 is 0 Å². The average Bonchev–Trinajstić information content (AvgIpc) is 3.10. The average molecular weight is 307 g/mol. The Labute approximate surface area is 132 Å². The molecule has 2 aromatic carbocycles. The highest BCUT2D eigenvalue weighted by atomic mass is 32.1. The van der Waals surface area contributed by atoms with Crippen molar-refractivity contribution in [2.45, 2.75) is 0 Å². The SMILES string of the molecule is c1ccc(N/N=C(/N=Nc2nccs2)c2ccccc2)cc1. The van der Waals surface area contributed by atoms with E-state index in [1.54, 1.807) is 6.20 Å². The standard InChI is InChI=1S/C16H13N5S/c1-3-7-13(8-4-1)15(20-21-16-17-11-12-22-16)19-18-14-9-5-2-6-10-14/h1-12,18H/b19-15+,21-20?. The van der Waals surface area contributed by atoms with E-state index in [1.165, 1.54) is 11.3 Å². The van der Waals surface area contributed by atoms with Gasteiger partial charge >= 0.3 is 0 Å². The van der Waals surface area contributed by atoms with Gasteiger partial charge in [-0.1, -0.05) is 48.5 Å². The van der Waals surface area contributed by atoms with E-state index >= 15 is 0 Å². The molecule has 0 saturated heterocycles. The Hall–Kier alpha value is -2.86. The summed E-state index contributed by atoms with van der Waals surface area (Å²) >= 11 is 1.43. The number of anilines is 1. The summed E-state index contributed by atoms with van der Waals surface area (Å²) in [6.07, 6.45) is 1.70. The fourth-order valence-electron chi connectivity index (χ4n) is 1.72. The topological polar surface area (TPSA) is 62.0 Å². The minimum Gasteiger partial charge on any atom is -0.276 e. The number of benzene rings is 2. The van der Waals surface area contributed by atoms with Crippen LogP contribution in [0.15, 0.2) is 87.6 Å². The third-order valence-electron chi connectivity index (χ3n) is 2.75. The van der Waals surface area contributed by atoms with E-state index in [0.29, 0.717) is 11.0 Å². The molecule has 0 saturated carbocycles. The Morgan fingerprint density at radius 3 is 2.36 bits per heavy atom. The van der Waals surface area contributed by atoms with E-state index in [4.69, 9.17) is 0 Å². The summed E-state index contributed by atoms with van der Waals surface area (Å²) in [5.41, 5.74) is 4.76. The van der Waals surface area contributed by atoms with Crippen molar-refractivity contribution in [1.82, 2.24) is 4.98 Å². The number of para-hydroxylation sites is 1. The van der Waals surface area contributed by atoms with Gasteiger partial charge in [-0.3, -0.25) is 5.43 Å². The van der Waals surface area contributed by atoms with Gasteiger partial charge < -0.3 is 0 Å². The molecule has 0 atom stereocenters. The summed E-state index contributed by atoms with van der Waals surface area (Å²) < 4.78 is 0. The quantitative estimate of drug-likeness (QED) is 0.328. The highest BCUT2D eigenvalue weighted by Crippen LogP contribution is 2.16. The number of hydrazone groups is 1. The van der Waals surface area contributed by atoms with Crippen molar-refractivity contribution in [2.24, 2.45) is 15.3 Å². The van der Waals surface area contributed by atoms with Crippen LogP contribution in [0.3, 0.4) is 0 Å². The molecule has 1 N–H and O–H groups in total. The van der Waals surface area contributed by atoms with Crippen molar-refractivity contribution >= 4 is 28.0 Å². The minimum absolute atomic E-state index is 0.500. The molecule has 5 nitrogen and oxygen atoms in total. The van der Waals surface area contributed by atoms with Crippen LogP contribution >= 0.6 is 11.3 Å². The van der Waals surface area contributed by atoms with Gasteiger partial charge in [0, 0.05) is 17.1 Å². The molecule has 6 heteroatoms. The Kier molecular flexibility index (Phi) is 4.63. The zero-order valence-corrected chi connectivity index (χ0v) is 12.4. The first-order chi connectivity index (χ1) is 10.9. The smallest absolute Gasteiger partial charge is 0.229 e. The summed E-state index contributed by atoms with van der Waals surface area (Å²) in [4.78, 5) is 4.08. The molecule has 1 heterocycles. The number of hydrogen-bond acceptors (Lipinski definition) is 5. The second kappa shape index (κ2) is 7.24. The van der Waals surface area contributed by atoms with E-state index in [9.17, 15) is 0 Å². The van der Waals surface area contributed by atoms with Gasteiger partial charge in [0.1, 0.15) is 0 Å². The maximum absolute atomic E-state index is 4.35. The number of azo groups is 1. The lowest BCUT2D eigenvalue weighted by Gasteiger charge is -2.02. The van der Waals surface area contributed by atoms with Crippen molar-refractivity contribution in [1.29, 1.82) is 0 Å². The molecule has 0 spiro atoms. The van der Waals surface area contributed by atoms with Gasteiger partial charge in [0.05, 0.1) is 5.69 Å². The molecule has 3 rings (SSSR count). The fourth-order valence-corrected chi connectivity index (χ4v) is 2.17. The van der Waals surface area contributed by atoms with Crippen LogP contribution in [0.5, 0.6) is 0 Å². The van der Waals surface area contributed by atoms with Crippen molar-refractivity contribution in [2.75, 3.05) is 5.43 Å². The number of rotatable bonds is 4. The number of aromatic nitrogens is 1. The molecule has 0 fully saturated rings. The van der Waals surface area contributed by atoms with Crippen LogP contribution in [0.4, 0.5) is 10.8 Å². The first-order valence-corrected chi connectivity index (χ1v) is 7.55. The molecular weight excluding hydrogens is 294 g/mol. The highest BCUT2D eigenvalue weighted by molar-refractivity contribution is 7.13. The number of nitrogens with zero attached hydrogens (tertiary/aromatic N) is 4. The van der Waals surface area contributed by atoms with E-state index in [-0.39, 0.29) is 0 Å². The molecule has 0 aliphatic rings. The van der Waals surface area contributed by atoms with Gasteiger partial charge in [-0.25, -0.2) is 4.98 Å². The third kappa shape index (κ3) is 3.83. The third-order valence-corrected chi connectivity index (χ3v) is 3.40. The summed E-state index contributed by atoms with van der Waals surface area (Å²) in [6, 6.07) is 19.4. The van der Waals surface area contributed by atoms with Crippen LogP contribution in [0.1, 0.15) is 5.56 Å². The number of amidine groups is 1. The summed E-state index contributed by atoms with van der Waals surface area (Å²) in [5, 5.41) is 15.1. The van der Waals surface area contributed by atoms with Crippen LogP contribution in [-0.4, -0.2) is 10.8 Å². The zero-order valence-electron chi connectivity index (χ0n) is 11.6. The molecule has 0 bridgehead atoms. The van der Waals surface area contributed by atoms with Crippen LogP contribution in [0.2, 0.25) is 0 Å². The normalized spacial score (nSPS) is 11.7. The van der Waals surface area contributed by atoms with Gasteiger partial charge in [0.15, 0.2) is 0 Å². The zero-order chi connectivity index (χ0) is 15.0. The molecule has 0 unspecified atom stereocenters. The molecule has 1 aromatic heterocycles. The first kappa shape index (κ1) is 14.1. The maximum Gasteiger partial charge on any atom is 0.229 e. The number of hydrogen-bond donors (Lipinski definition) is 1. The van der Waals surface area contributed by atoms with Crippen LogP contribution < -0.4 is 5.43 Å². The van der Waals surface area contributed by atoms with Crippen molar-refractivity contribution in [3.05, 3.63) is 77.8 Å². The van der Waals surface area contributed by atoms with Gasteiger partial charge in [0.25, 0.3) is 0 Å². The molecule has 0 aliphatic heterocycles. The van der Waals surface area contributed by atoms with Crippen molar-refractivity contribution in [3.8, 4) is 0 Å². The highest BCUT2D eigenvalue weighted by Gasteiger charge is 2.02. The van der Waals surface area contributed by atoms with Crippen LogP contribution in [0, 0.1) is 0 Å². The van der Waals surface area contributed by atoms with E-state index in [1.807, 2.05) is 66.0 Å². The molecule has 22 heavy (non-hydrogen) atoms. The molecule has 108 valence electrons. The first-order valence-electron chi connectivity index (χ1n) is 6.67. The van der Waals surface area contributed by atoms with Crippen molar-refractivity contribution in [3.63, 3.8) is 0 Å². The fraction of sp³-hybridized carbons (Fsp3) is 0. The predicted octanol–water partition coefficient (Wildman–Crippen LogP) is 4.70. The van der Waals surface area contributed by atoms with Crippen molar-refractivity contribution < 1.29 is 0 Å². The van der Waals surface area contributed by atoms with Gasteiger partial charge in [0.2, 0.25) is 11.0 Å². The number of nitrogens with one attached hydrogen (secondary N) is 1. The van der Waals surface area contributed by atoms with E-state index in [2.05, 4.69) is 25.7 Å². The maximum atomic E-state index is 4.35. The summed E-state index contributed by atoms with van der Waals surface area (Å²) in [7, 11) is 0. The second-order valence-electron chi connectivity index (χ2n) is 4.29. The molecular formula is C16H13N5S. The Bertz CT molecular complexity index is 752. The second-order valence-corrected chi connectivity index (χ2v) is 5.17. The molecule has 0 aliphatic carbocycles. The lowest BCUT2D eigenvalue weighted by Crippen LogP contribution is -2.00. The predicted molar refractivity (Wildman–Crippen MR) is 89.7 cm³/mol. The molecule has 0 radical (unpaired) electrons. The van der Waals surface area contributed by atoms with Crippen LogP contribution in [0.25, 0.3) is 0 Å². The molecule has 3 aromatic rings. The number of thiazole rings is 1. The monoisotopic (exact) mass is 307 g/mol. The Morgan fingerprint density at radius 1 is 0.955 bits per heavy atom. The molecule has 0 amide bonds. The minimum atomic E-state index is 0.500.